The van der Waals surface area contributed by atoms with Gasteiger partial charge in [-0.15, -0.1) is 0 Å². The molecule has 1 aromatic rings. The summed E-state index contributed by atoms with van der Waals surface area (Å²) in [6.07, 6.45) is 0.300. The smallest absolute Gasteiger partial charge is 0.337 e. The molecule has 2 unspecified atom stereocenters. The van der Waals surface area contributed by atoms with Crippen molar-refractivity contribution in [2.45, 2.75) is 25.4 Å². The molecular weight excluding hydrogens is 443 g/mol. The predicted molar refractivity (Wildman–Crippen MR) is 99.0 cm³/mol. The van der Waals surface area contributed by atoms with Crippen molar-refractivity contribution in [3.8, 4) is 0 Å². The lowest BCUT2D eigenvalue weighted by molar-refractivity contribution is -0.136. The first kappa shape index (κ1) is 19.8. The zero-order valence-electron chi connectivity index (χ0n) is 14.7. The van der Waals surface area contributed by atoms with E-state index in [0.717, 1.165) is 0 Å². The molecule has 1 N–H and O–H groups in total. The number of allylic oxidation sites excluding steroid dienone is 1. The molecule has 1 saturated heterocycles. The maximum Gasteiger partial charge on any atom is 0.337 e. The largest absolute Gasteiger partial charge is 0.466 e. The van der Waals surface area contributed by atoms with Crippen LogP contribution < -0.4 is 5.32 Å². The Morgan fingerprint density at radius 1 is 1.41 bits per heavy atom. The van der Waals surface area contributed by atoms with Crippen LogP contribution in [0.4, 0.5) is 9.18 Å². The average molecular weight is 461 g/mol. The van der Waals surface area contributed by atoms with Crippen LogP contribution >= 0.6 is 15.9 Å². The predicted octanol–water partition coefficient (Wildman–Crippen LogP) is 2.29. The van der Waals surface area contributed by atoms with Gasteiger partial charge >= 0.3 is 12.0 Å². The van der Waals surface area contributed by atoms with Gasteiger partial charge in [0, 0.05) is 5.70 Å². The fraction of sp³-hybridized carbons (Fsp3) is 0.412. The molecule has 2 aliphatic heterocycles. The standard InChI is InChI=1S/C17H18BrFN2O5S/c1-9-14(16(22)26-2)15(10-3-4-13(19)12(18)7-10)20-17(23)21(9)11-5-6-27(24,25)8-11/h3-4,7,11,15H,5-6,8H2,1-2H3,(H,20,23). The van der Waals surface area contributed by atoms with Gasteiger partial charge in [-0.25, -0.2) is 22.4 Å². The van der Waals surface area contributed by atoms with Crippen molar-refractivity contribution in [2.75, 3.05) is 18.6 Å². The number of nitrogens with zero attached hydrogens (tertiary/aromatic N) is 1. The van der Waals surface area contributed by atoms with Gasteiger partial charge in [-0.3, -0.25) is 4.90 Å². The van der Waals surface area contributed by atoms with Crippen LogP contribution in [0.25, 0.3) is 0 Å². The Bertz CT molecular complexity index is 947. The van der Waals surface area contributed by atoms with E-state index in [1.807, 2.05) is 0 Å². The third-order valence-corrected chi connectivity index (χ3v) is 7.14. The molecule has 1 fully saturated rings. The summed E-state index contributed by atoms with van der Waals surface area (Å²) in [5, 5.41) is 2.72. The van der Waals surface area contributed by atoms with E-state index in [0.29, 0.717) is 17.7 Å². The van der Waals surface area contributed by atoms with E-state index < -0.39 is 39.7 Å². The van der Waals surface area contributed by atoms with Crippen LogP contribution in [0.3, 0.4) is 0 Å². The topological polar surface area (TPSA) is 92.8 Å². The van der Waals surface area contributed by atoms with Gasteiger partial charge in [0.05, 0.1) is 40.7 Å². The van der Waals surface area contributed by atoms with E-state index in [-0.39, 0.29) is 21.6 Å². The number of methoxy groups -OCH3 is 1. The minimum atomic E-state index is -3.22. The molecule has 7 nitrogen and oxygen atoms in total. The Balaban J connectivity index is 2.08. The molecule has 2 amide bonds. The zero-order valence-corrected chi connectivity index (χ0v) is 17.1. The summed E-state index contributed by atoms with van der Waals surface area (Å²) in [7, 11) is -2.00. The number of carbonyl (C=O) groups is 2. The van der Waals surface area contributed by atoms with Crippen LogP contribution in [-0.4, -0.2) is 50.0 Å². The molecule has 2 atom stereocenters. The summed E-state index contributed by atoms with van der Waals surface area (Å²) in [6, 6.07) is 2.29. The highest BCUT2D eigenvalue weighted by Gasteiger charge is 2.42. The molecule has 0 radical (unpaired) electrons. The molecule has 0 spiro atoms. The van der Waals surface area contributed by atoms with Gasteiger partial charge in [0.25, 0.3) is 0 Å². The van der Waals surface area contributed by atoms with Crippen molar-refractivity contribution < 1.29 is 27.1 Å². The number of benzene rings is 1. The highest BCUT2D eigenvalue weighted by molar-refractivity contribution is 9.10. The van der Waals surface area contributed by atoms with E-state index in [4.69, 9.17) is 4.74 Å². The SMILES string of the molecule is COC(=O)C1=C(C)N(C2CCS(=O)(=O)C2)C(=O)NC1c1ccc(F)c(Br)c1. The number of halogens is 2. The Morgan fingerprint density at radius 2 is 2.11 bits per heavy atom. The molecular formula is C17H18BrFN2O5S. The number of esters is 1. The lowest BCUT2D eigenvalue weighted by atomic mass is 9.94. The maximum atomic E-state index is 13.6. The Labute approximate surface area is 164 Å². The highest BCUT2D eigenvalue weighted by Crippen LogP contribution is 2.35. The first-order valence-corrected chi connectivity index (χ1v) is 10.8. The number of hydrogen-bond acceptors (Lipinski definition) is 5. The second-order valence-electron chi connectivity index (χ2n) is 6.47. The van der Waals surface area contributed by atoms with Crippen LogP contribution in [-0.2, 0) is 19.4 Å². The average Bonchev–Trinajstić information content (AvgIpc) is 2.95. The monoisotopic (exact) mass is 460 g/mol. The van der Waals surface area contributed by atoms with Crippen molar-refractivity contribution in [3.63, 3.8) is 0 Å². The van der Waals surface area contributed by atoms with Gasteiger partial charge in [-0.2, -0.15) is 0 Å². The highest BCUT2D eigenvalue weighted by atomic mass is 79.9. The summed E-state index contributed by atoms with van der Waals surface area (Å²) in [5.41, 5.74) is 1.01. The molecule has 2 heterocycles. The number of ether oxygens (including phenoxy) is 1. The van der Waals surface area contributed by atoms with E-state index in [2.05, 4.69) is 21.2 Å². The lowest BCUT2D eigenvalue weighted by Gasteiger charge is -2.38. The fourth-order valence-corrected chi connectivity index (χ4v) is 5.59. The third-order valence-electron chi connectivity index (χ3n) is 4.78. The molecule has 3 rings (SSSR count). The number of amides is 2. The second-order valence-corrected chi connectivity index (χ2v) is 9.56. The molecule has 27 heavy (non-hydrogen) atoms. The Kier molecular flexibility index (Phi) is 5.31. The van der Waals surface area contributed by atoms with E-state index in [1.165, 1.54) is 30.2 Å². The number of nitrogens with one attached hydrogen (secondary N) is 1. The summed E-state index contributed by atoms with van der Waals surface area (Å²) >= 11 is 3.10. The normalized spacial score (nSPS) is 24.7. The second kappa shape index (κ2) is 7.23. The Morgan fingerprint density at radius 3 is 2.67 bits per heavy atom. The molecule has 2 aliphatic rings. The molecule has 10 heteroatoms. The van der Waals surface area contributed by atoms with Crippen molar-refractivity contribution >= 4 is 37.8 Å². The van der Waals surface area contributed by atoms with Gasteiger partial charge in [0.1, 0.15) is 5.82 Å². The molecule has 146 valence electrons. The maximum absolute atomic E-state index is 13.6. The number of hydrogen-bond donors (Lipinski definition) is 1. The summed E-state index contributed by atoms with van der Waals surface area (Å²) in [6.45, 7) is 1.58. The van der Waals surface area contributed by atoms with E-state index in [9.17, 15) is 22.4 Å². The van der Waals surface area contributed by atoms with Crippen LogP contribution in [0.15, 0.2) is 33.9 Å². The van der Waals surface area contributed by atoms with Gasteiger partial charge in [0.15, 0.2) is 9.84 Å². The van der Waals surface area contributed by atoms with Crippen molar-refractivity contribution in [1.29, 1.82) is 0 Å². The first-order valence-electron chi connectivity index (χ1n) is 8.19. The third kappa shape index (κ3) is 3.73. The zero-order chi connectivity index (χ0) is 19.9. The van der Waals surface area contributed by atoms with E-state index >= 15 is 0 Å². The van der Waals surface area contributed by atoms with Crippen LogP contribution in [0.5, 0.6) is 0 Å². The molecule has 0 bridgehead atoms. The van der Waals surface area contributed by atoms with Crippen molar-refractivity contribution in [3.05, 3.63) is 45.3 Å². The van der Waals surface area contributed by atoms with Crippen LogP contribution in [0.2, 0.25) is 0 Å². The summed E-state index contributed by atoms with van der Waals surface area (Å²) in [5.74, 6) is -1.28. The fourth-order valence-electron chi connectivity index (χ4n) is 3.49. The van der Waals surface area contributed by atoms with Gasteiger partial charge < -0.3 is 10.1 Å². The first-order chi connectivity index (χ1) is 12.6. The van der Waals surface area contributed by atoms with Crippen molar-refractivity contribution in [1.82, 2.24) is 10.2 Å². The molecule has 1 aromatic carbocycles. The van der Waals surface area contributed by atoms with Crippen LogP contribution in [0, 0.1) is 5.82 Å². The van der Waals surface area contributed by atoms with Crippen molar-refractivity contribution in [2.24, 2.45) is 0 Å². The number of carbonyl (C=O) groups excluding carboxylic acids is 2. The minimum Gasteiger partial charge on any atom is -0.466 e. The quantitative estimate of drug-likeness (QED) is 0.698. The van der Waals surface area contributed by atoms with Gasteiger partial charge in [-0.05, 0) is 47.0 Å². The van der Waals surface area contributed by atoms with Crippen LogP contribution in [0.1, 0.15) is 24.9 Å². The number of rotatable bonds is 3. The van der Waals surface area contributed by atoms with E-state index in [1.54, 1.807) is 6.92 Å². The molecule has 0 saturated carbocycles. The minimum absolute atomic E-state index is 0.00335. The number of sulfone groups is 1. The van der Waals surface area contributed by atoms with Gasteiger partial charge in [-0.1, -0.05) is 6.07 Å². The summed E-state index contributed by atoms with van der Waals surface area (Å²) in [4.78, 5) is 26.5. The molecule has 0 aromatic heterocycles. The lowest BCUT2D eigenvalue weighted by Crippen LogP contribution is -2.52. The Hall–Kier alpha value is -1.94. The summed E-state index contributed by atoms with van der Waals surface area (Å²) < 4.78 is 42.3. The number of urea groups is 1. The molecule has 0 aliphatic carbocycles. The van der Waals surface area contributed by atoms with Gasteiger partial charge in [0.2, 0.25) is 0 Å².